The second-order valence-corrected chi connectivity index (χ2v) is 4.42. The maximum absolute atomic E-state index is 6.16. The first-order valence-electron chi connectivity index (χ1n) is 5.43. The molecule has 0 aliphatic heterocycles. The van der Waals surface area contributed by atoms with Crippen LogP contribution in [0.15, 0.2) is 36.8 Å². The Balaban J connectivity index is 2.17. The maximum atomic E-state index is 6.16. The number of nitrogens with two attached hydrogens (primary N) is 1. The summed E-state index contributed by atoms with van der Waals surface area (Å²) in [5, 5.41) is 0.661. The van der Waals surface area contributed by atoms with E-state index in [0.717, 1.165) is 16.8 Å². The van der Waals surface area contributed by atoms with E-state index in [0.29, 0.717) is 11.4 Å². The van der Waals surface area contributed by atoms with E-state index < -0.39 is 0 Å². The molecule has 0 aliphatic carbocycles. The molecule has 2 heterocycles. The van der Waals surface area contributed by atoms with E-state index in [9.17, 15) is 0 Å². The molecule has 0 radical (unpaired) electrons. The molecule has 17 heavy (non-hydrogen) atoms. The summed E-state index contributed by atoms with van der Waals surface area (Å²) in [7, 11) is 0. The summed E-state index contributed by atoms with van der Waals surface area (Å²) in [5.41, 5.74) is 9.22. The van der Waals surface area contributed by atoms with Crippen LogP contribution in [0.25, 0.3) is 0 Å². The first kappa shape index (κ1) is 12.0. The Morgan fingerprint density at radius 2 is 2.18 bits per heavy atom. The van der Waals surface area contributed by atoms with Gasteiger partial charge in [-0.05, 0) is 42.7 Å². The predicted octanol–water partition coefficient (Wildman–Crippen LogP) is 2.68. The highest BCUT2D eigenvalue weighted by atomic mass is 35.5. The molecule has 2 rings (SSSR count). The van der Waals surface area contributed by atoms with Gasteiger partial charge in [0.15, 0.2) is 0 Å². The molecule has 1 atom stereocenters. The summed E-state index contributed by atoms with van der Waals surface area (Å²) in [6.45, 7) is 1.95. The minimum Gasteiger partial charge on any atom is -0.324 e. The van der Waals surface area contributed by atoms with Crippen molar-refractivity contribution in [2.75, 3.05) is 0 Å². The first-order valence-corrected chi connectivity index (χ1v) is 5.81. The quantitative estimate of drug-likeness (QED) is 0.907. The molecule has 0 saturated carbocycles. The summed E-state index contributed by atoms with van der Waals surface area (Å²) in [5.74, 6) is 0. The lowest BCUT2D eigenvalue weighted by molar-refractivity contribution is 0.718. The molecule has 1 unspecified atom stereocenters. The molecule has 0 amide bonds. The fraction of sp³-hybridized carbons (Fsp3) is 0.231. The fourth-order valence-corrected chi connectivity index (χ4v) is 1.92. The largest absolute Gasteiger partial charge is 0.324 e. The molecule has 0 bridgehead atoms. The Morgan fingerprint density at radius 1 is 1.35 bits per heavy atom. The van der Waals surface area contributed by atoms with Crippen molar-refractivity contribution in [3.05, 3.63) is 58.6 Å². The average Bonchev–Trinajstić information content (AvgIpc) is 2.32. The van der Waals surface area contributed by atoms with Crippen LogP contribution in [0.5, 0.6) is 0 Å². The van der Waals surface area contributed by atoms with Crippen molar-refractivity contribution in [3.8, 4) is 0 Å². The molecule has 2 aromatic heterocycles. The number of aromatic nitrogens is 2. The number of halogens is 1. The van der Waals surface area contributed by atoms with Crippen LogP contribution in [0.1, 0.15) is 22.9 Å². The van der Waals surface area contributed by atoms with Gasteiger partial charge < -0.3 is 5.73 Å². The molecule has 0 spiro atoms. The molecule has 0 fully saturated rings. The Hall–Kier alpha value is -1.45. The number of rotatable bonds is 3. The SMILES string of the molecule is Cc1cc(C(N)Cc2ccncc2Cl)ccn1. The molecule has 2 aromatic rings. The molecule has 3 nitrogen and oxygen atoms in total. The van der Waals surface area contributed by atoms with Gasteiger partial charge in [-0.25, -0.2) is 0 Å². The Bertz CT molecular complexity index is 514. The number of hydrogen-bond acceptors (Lipinski definition) is 3. The number of pyridine rings is 2. The summed E-state index contributed by atoms with van der Waals surface area (Å²) in [4.78, 5) is 8.11. The van der Waals surface area contributed by atoms with Crippen LogP contribution in [0.3, 0.4) is 0 Å². The predicted molar refractivity (Wildman–Crippen MR) is 68.9 cm³/mol. The van der Waals surface area contributed by atoms with Gasteiger partial charge in [0.2, 0.25) is 0 Å². The van der Waals surface area contributed by atoms with Gasteiger partial charge in [0.1, 0.15) is 0 Å². The smallest absolute Gasteiger partial charge is 0.0622 e. The van der Waals surface area contributed by atoms with Gasteiger partial charge in [0, 0.05) is 30.3 Å². The van der Waals surface area contributed by atoms with E-state index in [1.54, 1.807) is 18.6 Å². The van der Waals surface area contributed by atoms with Crippen LogP contribution >= 0.6 is 11.6 Å². The van der Waals surface area contributed by atoms with E-state index in [2.05, 4.69) is 9.97 Å². The van der Waals surface area contributed by atoms with Crippen molar-refractivity contribution < 1.29 is 0 Å². The second kappa shape index (κ2) is 5.25. The van der Waals surface area contributed by atoms with Crippen molar-refractivity contribution in [2.45, 2.75) is 19.4 Å². The Labute approximate surface area is 106 Å². The van der Waals surface area contributed by atoms with Gasteiger partial charge in [-0.2, -0.15) is 0 Å². The van der Waals surface area contributed by atoms with Crippen molar-refractivity contribution in [1.82, 2.24) is 9.97 Å². The minimum atomic E-state index is -0.0726. The van der Waals surface area contributed by atoms with Crippen LogP contribution in [-0.2, 0) is 6.42 Å². The number of nitrogens with zero attached hydrogens (tertiary/aromatic N) is 2. The zero-order valence-corrected chi connectivity index (χ0v) is 10.4. The highest BCUT2D eigenvalue weighted by molar-refractivity contribution is 6.31. The van der Waals surface area contributed by atoms with E-state index in [-0.39, 0.29) is 6.04 Å². The lowest BCUT2D eigenvalue weighted by Crippen LogP contribution is -2.14. The summed E-state index contributed by atoms with van der Waals surface area (Å²) in [6, 6.07) is 5.76. The van der Waals surface area contributed by atoms with Crippen molar-refractivity contribution in [1.29, 1.82) is 0 Å². The monoisotopic (exact) mass is 247 g/mol. The average molecular weight is 248 g/mol. The highest BCUT2D eigenvalue weighted by Gasteiger charge is 2.09. The number of aryl methyl sites for hydroxylation is 1. The minimum absolute atomic E-state index is 0.0726. The second-order valence-electron chi connectivity index (χ2n) is 4.01. The van der Waals surface area contributed by atoms with Gasteiger partial charge in [0.05, 0.1) is 5.02 Å². The lowest BCUT2D eigenvalue weighted by Gasteiger charge is -2.13. The van der Waals surface area contributed by atoms with Crippen LogP contribution < -0.4 is 5.73 Å². The maximum Gasteiger partial charge on any atom is 0.0622 e. The van der Waals surface area contributed by atoms with Crippen LogP contribution in [0.2, 0.25) is 5.02 Å². The van der Waals surface area contributed by atoms with Gasteiger partial charge in [-0.1, -0.05) is 11.6 Å². The normalized spacial score (nSPS) is 12.4. The molecule has 0 aliphatic rings. The van der Waals surface area contributed by atoms with E-state index in [1.807, 2.05) is 25.1 Å². The van der Waals surface area contributed by atoms with Gasteiger partial charge >= 0.3 is 0 Å². The van der Waals surface area contributed by atoms with Gasteiger partial charge in [-0.3, -0.25) is 9.97 Å². The Kier molecular flexibility index (Phi) is 3.71. The molecule has 88 valence electrons. The molecular formula is C13H14ClN3. The lowest BCUT2D eigenvalue weighted by atomic mass is 10.0. The summed E-state index contributed by atoms with van der Waals surface area (Å²) in [6.07, 6.45) is 5.84. The van der Waals surface area contributed by atoms with Gasteiger partial charge in [-0.15, -0.1) is 0 Å². The third kappa shape index (κ3) is 3.02. The summed E-state index contributed by atoms with van der Waals surface area (Å²) < 4.78 is 0. The standard InChI is InChI=1S/C13H14ClN3/c1-9-6-11(3-5-17-9)13(15)7-10-2-4-16-8-12(10)14/h2-6,8,13H,7,15H2,1H3. The van der Waals surface area contributed by atoms with Crippen LogP contribution in [0, 0.1) is 6.92 Å². The van der Waals surface area contributed by atoms with E-state index >= 15 is 0 Å². The van der Waals surface area contributed by atoms with Crippen molar-refractivity contribution >= 4 is 11.6 Å². The third-order valence-corrected chi connectivity index (χ3v) is 2.99. The first-order chi connectivity index (χ1) is 8.16. The van der Waals surface area contributed by atoms with Crippen LogP contribution in [-0.4, -0.2) is 9.97 Å². The van der Waals surface area contributed by atoms with E-state index in [1.165, 1.54) is 0 Å². The number of hydrogen-bond donors (Lipinski definition) is 1. The zero-order chi connectivity index (χ0) is 12.3. The van der Waals surface area contributed by atoms with E-state index in [4.69, 9.17) is 17.3 Å². The molecule has 4 heteroatoms. The third-order valence-electron chi connectivity index (χ3n) is 2.65. The highest BCUT2D eigenvalue weighted by Crippen LogP contribution is 2.21. The molecule has 0 aromatic carbocycles. The van der Waals surface area contributed by atoms with Gasteiger partial charge in [0.25, 0.3) is 0 Å². The summed E-state index contributed by atoms with van der Waals surface area (Å²) >= 11 is 6.06. The molecular weight excluding hydrogens is 234 g/mol. The van der Waals surface area contributed by atoms with Crippen LogP contribution in [0.4, 0.5) is 0 Å². The van der Waals surface area contributed by atoms with Crippen molar-refractivity contribution in [3.63, 3.8) is 0 Å². The fourth-order valence-electron chi connectivity index (χ4n) is 1.72. The topological polar surface area (TPSA) is 51.8 Å². The molecule has 0 saturated heterocycles. The Morgan fingerprint density at radius 3 is 2.88 bits per heavy atom. The zero-order valence-electron chi connectivity index (χ0n) is 9.60. The molecule has 2 N–H and O–H groups in total. The van der Waals surface area contributed by atoms with Crippen molar-refractivity contribution in [2.24, 2.45) is 5.73 Å².